The van der Waals surface area contributed by atoms with Gasteiger partial charge in [-0.05, 0) is 25.5 Å². The molecule has 0 aliphatic carbocycles. The molecule has 1 rings (SSSR count). The zero-order valence-electron chi connectivity index (χ0n) is 9.92. The first-order valence-corrected chi connectivity index (χ1v) is 5.73. The summed E-state index contributed by atoms with van der Waals surface area (Å²) in [5.74, 6) is 0.0608. The maximum Gasteiger partial charge on any atom is 0.251 e. The summed E-state index contributed by atoms with van der Waals surface area (Å²) in [5, 5.41) is 12.3. The van der Waals surface area contributed by atoms with E-state index in [1.807, 2.05) is 0 Å². The van der Waals surface area contributed by atoms with Gasteiger partial charge in [0.05, 0.1) is 0 Å². The summed E-state index contributed by atoms with van der Waals surface area (Å²) in [4.78, 5) is 11.8. The fourth-order valence-electron chi connectivity index (χ4n) is 1.54. The molecule has 3 nitrogen and oxygen atoms in total. The van der Waals surface area contributed by atoms with Crippen molar-refractivity contribution in [3.8, 4) is 5.75 Å². The minimum absolute atomic E-state index is 0.107. The van der Waals surface area contributed by atoms with Crippen LogP contribution in [0.4, 0.5) is 0 Å². The highest BCUT2D eigenvalue weighted by molar-refractivity contribution is 5.96. The quantitative estimate of drug-likeness (QED) is 0.751. The fourth-order valence-corrected chi connectivity index (χ4v) is 1.54. The lowest BCUT2D eigenvalue weighted by molar-refractivity contribution is 0.0952. The van der Waals surface area contributed by atoms with Gasteiger partial charge in [0.15, 0.2) is 0 Å². The van der Waals surface area contributed by atoms with E-state index in [0.717, 1.165) is 19.3 Å². The number of hydrogen-bond donors (Lipinski definition) is 2. The lowest BCUT2D eigenvalue weighted by atomic mass is 10.1. The highest BCUT2D eigenvalue weighted by atomic mass is 16.3. The molecular weight excluding hydrogens is 202 g/mol. The van der Waals surface area contributed by atoms with E-state index in [2.05, 4.69) is 12.2 Å². The molecule has 0 aromatic heterocycles. The first-order chi connectivity index (χ1) is 7.66. The van der Waals surface area contributed by atoms with E-state index in [9.17, 15) is 9.90 Å². The van der Waals surface area contributed by atoms with Crippen molar-refractivity contribution >= 4 is 5.91 Å². The van der Waals surface area contributed by atoms with Gasteiger partial charge in [-0.2, -0.15) is 0 Å². The molecule has 0 saturated heterocycles. The van der Waals surface area contributed by atoms with Gasteiger partial charge in [0.25, 0.3) is 5.91 Å². The van der Waals surface area contributed by atoms with Gasteiger partial charge in [0, 0.05) is 17.7 Å². The minimum Gasteiger partial charge on any atom is -0.508 e. The largest absolute Gasteiger partial charge is 0.508 e. The van der Waals surface area contributed by atoms with E-state index in [1.165, 1.54) is 0 Å². The molecule has 1 amide bonds. The van der Waals surface area contributed by atoms with Gasteiger partial charge in [-0.15, -0.1) is 0 Å². The number of phenols is 1. The summed E-state index contributed by atoms with van der Waals surface area (Å²) in [5.41, 5.74) is 1.19. The van der Waals surface area contributed by atoms with Crippen molar-refractivity contribution in [1.29, 1.82) is 0 Å². The Morgan fingerprint density at radius 1 is 1.38 bits per heavy atom. The molecule has 0 radical (unpaired) electrons. The zero-order valence-corrected chi connectivity index (χ0v) is 9.92. The minimum atomic E-state index is -0.107. The number of benzene rings is 1. The molecule has 0 fully saturated rings. The van der Waals surface area contributed by atoms with Gasteiger partial charge in [-0.25, -0.2) is 0 Å². The van der Waals surface area contributed by atoms with Crippen LogP contribution in [0.15, 0.2) is 18.2 Å². The lowest BCUT2D eigenvalue weighted by Gasteiger charge is -2.08. The van der Waals surface area contributed by atoms with Gasteiger partial charge in [0.1, 0.15) is 5.75 Å². The van der Waals surface area contributed by atoms with Crippen molar-refractivity contribution in [2.24, 2.45) is 0 Å². The predicted molar refractivity (Wildman–Crippen MR) is 64.7 cm³/mol. The van der Waals surface area contributed by atoms with Crippen LogP contribution in [-0.2, 0) is 0 Å². The number of aromatic hydroxyl groups is 1. The van der Waals surface area contributed by atoms with E-state index in [1.54, 1.807) is 25.1 Å². The summed E-state index contributed by atoms with van der Waals surface area (Å²) in [6.07, 6.45) is 3.26. The first kappa shape index (κ1) is 12.6. The van der Waals surface area contributed by atoms with Crippen molar-refractivity contribution in [3.05, 3.63) is 29.3 Å². The van der Waals surface area contributed by atoms with Crippen LogP contribution in [0.3, 0.4) is 0 Å². The molecule has 2 N–H and O–H groups in total. The Labute approximate surface area is 96.5 Å². The van der Waals surface area contributed by atoms with Crippen LogP contribution in [0.1, 0.15) is 42.1 Å². The number of unbranched alkanes of at least 4 members (excludes halogenated alkanes) is 2. The van der Waals surface area contributed by atoms with Crippen LogP contribution < -0.4 is 5.32 Å². The summed E-state index contributed by atoms with van der Waals surface area (Å²) in [6.45, 7) is 4.57. The number of phenolic OH excluding ortho intramolecular Hbond substituents is 1. The van der Waals surface area contributed by atoms with E-state index in [-0.39, 0.29) is 11.7 Å². The SMILES string of the molecule is CCCCCNC(=O)c1cccc(O)c1C. The standard InChI is InChI=1S/C13H19NO2/c1-3-4-5-9-14-13(16)11-7-6-8-12(15)10(11)2/h6-8,15H,3-5,9H2,1-2H3,(H,14,16). The monoisotopic (exact) mass is 221 g/mol. The number of amides is 1. The summed E-state index contributed by atoms with van der Waals surface area (Å²) >= 11 is 0. The van der Waals surface area contributed by atoms with E-state index < -0.39 is 0 Å². The Morgan fingerprint density at radius 2 is 2.12 bits per heavy atom. The molecule has 0 aliphatic rings. The third-order valence-electron chi connectivity index (χ3n) is 2.62. The number of hydrogen-bond acceptors (Lipinski definition) is 2. The van der Waals surface area contributed by atoms with Crippen LogP contribution in [0, 0.1) is 6.92 Å². The van der Waals surface area contributed by atoms with Crippen molar-refractivity contribution in [2.75, 3.05) is 6.54 Å². The average Bonchev–Trinajstić information content (AvgIpc) is 2.28. The second-order valence-electron chi connectivity index (χ2n) is 3.91. The van der Waals surface area contributed by atoms with E-state index in [4.69, 9.17) is 0 Å². The summed E-state index contributed by atoms with van der Waals surface area (Å²) in [6, 6.07) is 5.00. The van der Waals surface area contributed by atoms with Crippen LogP contribution in [-0.4, -0.2) is 17.6 Å². The second kappa shape index (κ2) is 6.16. The Morgan fingerprint density at radius 3 is 2.81 bits per heavy atom. The molecule has 0 bridgehead atoms. The lowest BCUT2D eigenvalue weighted by Crippen LogP contribution is -2.25. The summed E-state index contributed by atoms with van der Waals surface area (Å²) < 4.78 is 0. The molecule has 1 aromatic rings. The van der Waals surface area contributed by atoms with Crippen molar-refractivity contribution < 1.29 is 9.90 Å². The topological polar surface area (TPSA) is 49.3 Å². The normalized spacial score (nSPS) is 10.1. The predicted octanol–water partition coefficient (Wildman–Crippen LogP) is 2.62. The van der Waals surface area contributed by atoms with Gasteiger partial charge in [0.2, 0.25) is 0 Å². The van der Waals surface area contributed by atoms with Gasteiger partial charge < -0.3 is 10.4 Å². The van der Waals surface area contributed by atoms with Gasteiger partial charge in [-0.3, -0.25) is 4.79 Å². The Bertz CT molecular complexity index is 361. The molecule has 0 saturated carbocycles. The highest BCUT2D eigenvalue weighted by Gasteiger charge is 2.10. The van der Waals surface area contributed by atoms with Crippen molar-refractivity contribution in [1.82, 2.24) is 5.32 Å². The average molecular weight is 221 g/mol. The van der Waals surface area contributed by atoms with Crippen molar-refractivity contribution in [2.45, 2.75) is 33.1 Å². The Hall–Kier alpha value is -1.51. The maximum absolute atomic E-state index is 11.8. The Balaban J connectivity index is 2.56. The molecule has 0 heterocycles. The maximum atomic E-state index is 11.8. The molecule has 1 aromatic carbocycles. The third-order valence-corrected chi connectivity index (χ3v) is 2.62. The number of carbonyl (C=O) groups excluding carboxylic acids is 1. The third kappa shape index (κ3) is 3.26. The van der Waals surface area contributed by atoms with E-state index >= 15 is 0 Å². The molecule has 16 heavy (non-hydrogen) atoms. The highest BCUT2D eigenvalue weighted by Crippen LogP contribution is 2.19. The fraction of sp³-hybridized carbons (Fsp3) is 0.462. The molecule has 3 heteroatoms. The first-order valence-electron chi connectivity index (χ1n) is 5.73. The smallest absolute Gasteiger partial charge is 0.251 e. The molecule has 0 atom stereocenters. The Kier molecular flexibility index (Phi) is 4.83. The number of nitrogens with one attached hydrogen (secondary N) is 1. The number of rotatable bonds is 5. The molecule has 0 spiro atoms. The second-order valence-corrected chi connectivity index (χ2v) is 3.91. The molecule has 88 valence electrons. The number of carbonyl (C=O) groups is 1. The van der Waals surface area contributed by atoms with Crippen LogP contribution in [0.2, 0.25) is 0 Å². The van der Waals surface area contributed by atoms with Gasteiger partial charge >= 0.3 is 0 Å². The van der Waals surface area contributed by atoms with Crippen molar-refractivity contribution in [3.63, 3.8) is 0 Å². The molecule has 0 aliphatic heterocycles. The molecule has 0 unspecified atom stereocenters. The van der Waals surface area contributed by atoms with E-state index in [0.29, 0.717) is 17.7 Å². The summed E-state index contributed by atoms with van der Waals surface area (Å²) in [7, 11) is 0. The van der Waals surface area contributed by atoms with Gasteiger partial charge in [-0.1, -0.05) is 25.8 Å². The van der Waals surface area contributed by atoms with Crippen LogP contribution in [0.5, 0.6) is 5.75 Å². The van der Waals surface area contributed by atoms with Crippen LogP contribution in [0.25, 0.3) is 0 Å². The zero-order chi connectivity index (χ0) is 12.0. The van der Waals surface area contributed by atoms with Crippen LogP contribution >= 0.6 is 0 Å². The molecular formula is C13H19NO2.